The highest BCUT2D eigenvalue weighted by molar-refractivity contribution is 7.92. The topological polar surface area (TPSA) is 102 Å². The van der Waals surface area contributed by atoms with Crippen LogP contribution < -0.4 is 4.31 Å². The van der Waals surface area contributed by atoms with Crippen LogP contribution in [0.5, 0.6) is 0 Å². The number of halogens is 1. The van der Waals surface area contributed by atoms with Gasteiger partial charge in [-0.3, -0.25) is 4.79 Å². The molecule has 1 fully saturated rings. The van der Waals surface area contributed by atoms with Crippen LogP contribution in [-0.4, -0.2) is 74.6 Å². The normalized spacial score (nSPS) is 19.2. The molecule has 2 heterocycles. The minimum atomic E-state index is -3.62. The van der Waals surface area contributed by atoms with Gasteiger partial charge in [-0.25, -0.2) is 27.1 Å². The third kappa shape index (κ3) is 7.44. The van der Waals surface area contributed by atoms with Gasteiger partial charge < -0.3 is 14.4 Å². The monoisotopic (exact) mass is 576 g/mol. The van der Waals surface area contributed by atoms with E-state index in [1.807, 2.05) is 39.8 Å². The van der Waals surface area contributed by atoms with E-state index in [-0.39, 0.29) is 36.4 Å². The zero-order chi connectivity index (χ0) is 29.8. The number of aromatic nitrogens is 2. The number of ether oxygens (including phenoxy) is 2. The number of nitrogens with zero attached hydrogens (tertiary/aromatic N) is 4. The first-order valence-electron chi connectivity index (χ1n) is 13.5. The fraction of sp³-hybridized carbons (Fsp3) is 0.552. The van der Waals surface area contributed by atoms with Crippen LogP contribution in [0.3, 0.4) is 0 Å². The summed E-state index contributed by atoms with van der Waals surface area (Å²) in [6.45, 7) is 7.92. The third-order valence-corrected chi connectivity index (χ3v) is 8.26. The van der Waals surface area contributed by atoms with Gasteiger partial charge in [0.05, 0.1) is 36.3 Å². The fourth-order valence-corrected chi connectivity index (χ4v) is 4.94. The summed E-state index contributed by atoms with van der Waals surface area (Å²) in [5.74, 6) is -1.28. The molecule has 3 rings (SSSR count). The minimum Gasteiger partial charge on any atom is -0.349 e. The van der Waals surface area contributed by atoms with E-state index >= 15 is 0 Å². The van der Waals surface area contributed by atoms with E-state index in [9.17, 15) is 17.6 Å². The van der Waals surface area contributed by atoms with Gasteiger partial charge in [0.25, 0.3) is 0 Å². The zero-order valence-corrected chi connectivity index (χ0v) is 25.5. The van der Waals surface area contributed by atoms with Gasteiger partial charge in [-0.05, 0) is 43.0 Å². The van der Waals surface area contributed by atoms with E-state index in [1.165, 1.54) is 19.2 Å². The van der Waals surface area contributed by atoms with Crippen molar-refractivity contribution < 1.29 is 27.1 Å². The summed E-state index contributed by atoms with van der Waals surface area (Å²) in [4.78, 5) is 23.3. The molecular weight excluding hydrogens is 535 g/mol. The second-order valence-electron chi connectivity index (χ2n) is 10.7. The van der Waals surface area contributed by atoms with Gasteiger partial charge in [0, 0.05) is 38.7 Å². The molecule has 1 aliphatic rings. The average Bonchev–Trinajstić information content (AvgIpc) is 2.90. The maximum atomic E-state index is 13.8. The molecule has 1 aromatic heterocycles. The Balaban J connectivity index is 2.12. The average molecular weight is 577 g/mol. The number of benzene rings is 1. The van der Waals surface area contributed by atoms with Crippen molar-refractivity contribution in [3.8, 4) is 11.3 Å². The van der Waals surface area contributed by atoms with Gasteiger partial charge in [-0.15, -0.1) is 0 Å². The molecule has 0 aliphatic carbocycles. The Morgan fingerprint density at radius 2 is 1.75 bits per heavy atom. The highest BCUT2D eigenvalue weighted by Gasteiger charge is 2.40. The predicted octanol–water partition coefficient (Wildman–Crippen LogP) is 4.98. The molecule has 2 atom stereocenters. The molecule has 0 unspecified atom stereocenters. The molecular formula is C29H41FN4O5S. The number of rotatable bonds is 10. The maximum Gasteiger partial charge on any atom is 0.239 e. The van der Waals surface area contributed by atoms with Gasteiger partial charge in [-0.2, -0.15) is 0 Å². The van der Waals surface area contributed by atoms with Crippen LogP contribution in [-0.2, 0) is 24.3 Å². The van der Waals surface area contributed by atoms with Crippen molar-refractivity contribution in [2.24, 2.45) is 0 Å². The second kappa shape index (κ2) is 12.7. The quantitative estimate of drug-likeness (QED) is 0.393. The van der Waals surface area contributed by atoms with E-state index < -0.39 is 21.6 Å². The second-order valence-corrected chi connectivity index (χ2v) is 12.7. The molecule has 40 heavy (non-hydrogen) atoms. The highest BCUT2D eigenvalue weighted by Crippen LogP contribution is 2.36. The van der Waals surface area contributed by atoms with E-state index in [0.29, 0.717) is 41.8 Å². The fourth-order valence-electron chi connectivity index (χ4n) is 4.57. The van der Waals surface area contributed by atoms with Crippen molar-refractivity contribution in [1.82, 2.24) is 14.9 Å². The number of carbonyl (C=O) groups excluding carboxylic acids is 1. The summed E-state index contributed by atoms with van der Waals surface area (Å²) >= 11 is 0. The summed E-state index contributed by atoms with van der Waals surface area (Å²) in [6.07, 6.45) is 6.19. The smallest absolute Gasteiger partial charge is 0.239 e. The molecule has 11 heteroatoms. The molecule has 0 saturated carbocycles. The van der Waals surface area contributed by atoms with Crippen LogP contribution in [0.1, 0.15) is 70.6 Å². The standard InChI is InChI=1S/C29H41FN4O5S/c1-9-29(10-2)38-22(17-23(39-29)18-25(35)33(5)6)15-16-24-26(19(3)4)31-28(34(7)40(8,36)37)32-27(24)20-11-13-21(30)14-12-20/h11-16,19,22-23H,9-10,17-18H2,1-8H3/t22-,23-/m1/s1. The van der Waals surface area contributed by atoms with Crippen LogP contribution in [0.4, 0.5) is 10.3 Å². The predicted molar refractivity (Wildman–Crippen MR) is 155 cm³/mol. The Morgan fingerprint density at radius 1 is 1.12 bits per heavy atom. The molecule has 1 amide bonds. The number of hydrogen-bond donors (Lipinski definition) is 0. The Morgan fingerprint density at radius 3 is 2.27 bits per heavy atom. The molecule has 2 aromatic rings. The van der Waals surface area contributed by atoms with Crippen LogP contribution >= 0.6 is 0 Å². The number of amides is 1. The van der Waals surface area contributed by atoms with Crippen molar-refractivity contribution in [2.45, 2.75) is 77.3 Å². The number of hydrogen-bond acceptors (Lipinski definition) is 7. The van der Waals surface area contributed by atoms with Crippen LogP contribution in [0.2, 0.25) is 0 Å². The molecule has 0 spiro atoms. The molecule has 1 aliphatic heterocycles. The molecule has 1 saturated heterocycles. The third-order valence-electron chi connectivity index (χ3n) is 7.11. The van der Waals surface area contributed by atoms with Crippen molar-refractivity contribution in [3.05, 3.63) is 47.4 Å². The van der Waals surface area contributed by atoms with Gasteiger partial charge in [0.1, 0.15) is 5.82 Å². The van der Waals surface area contributed by atoms with Crippen molar-refractivity contribution in [3.63, 3.8) is 0 Å². The zero-order valence-electron chi connectivity index (χ0n) is 24.6. The molecule has 220 valence electrons. The van der Waals surface area contributed by atoms with E-state index in [1.54, 1.807) is 31.1 Å². The summed E-state index contributed by atoms with van der Waals surface area (Å²) in [5, 5.41) is 0. The highest BCUT2D eigenvalue weighted by atomic mass is 32.2. The Kier molecular flexibility index (Phi) is 10.1. The molecule has 1 aromatic carbocycles. The lowest BCUT2D eigenvalue weighted by molar-refractivity contribution is -0.311. The van der Waals surface area contributed by atoms with Crippen LogP contribution in [0.25, 0.3) is 17.3 Å². The van der Waals surface area contributed by atoms with Crippen LogP contribution in [0, 0.1) is 5.82 Å². The number of carbonyl (C=O) groups is 1. The SMILES string of the molecule is CCC1(CC)O[C@@H](CC(=O)N(C)C)C[C@@H](C=Cc2c(-c3ccc(F)cc3)nc(N(C)S(C)(=O)=O)nc2C(C)C)O1. The maximum absolute atomic E-state index is 13.8. The van der Waals surface area contributed by atoms with E-state index in [4.69, 9.17) is 9.47 Å². The molecule has 0 bridgehead atoms. The lowest BCUT2D eigenvalue weighted by atomic mass is 9.96. The summed E-state index contributed by atoms with van der Waals surface area (Å²) < 4.78 is 52.2. The summed E-state index contributed by atoms with van der Waals surface area (Å²) in [6, 6.07) is 5.89. The van der Waals surface area contributed by atoms with E-state index in [0.717, 1.165) is 10.6 Å². The largest absolute Gasteiger partial charge is 0.349 e. The Labute approximate surface area is 237 Å². The van der Waals surface area contributed by atoms with E-state index in [2.05, 4.69) is 9.97 Å². The van der Waals surface area contributed by atoms with Crippen LogP contribution in [0.15, 0.2) is 30.3 Å². The Bertz CT molecular complexity index is 1320. The lowest BCUT2D eigenvalue weighted by Gasteiger charge is -2.43. The summed E-state index contributed by atoms with van der Waals surface area (Å²) in [5.41, 5.74) is 2.41. The first kappa shape index (κ1) is 31.6. The van der Waals surface area contributed by atoms with Gasteiger partial charge in [0.15, 0.2) is 5.79 Å². The van der Waals surface area contributed by atoms with Gasteiger partial charge in [-0.1, -0.05) is 39.8 Å². The van der Waals surface area contributed by atoms with Gasteiger partial charge >= 0.3 is 0 Å². The van der Waals surface area contributed by atoms with Crippen molar-refractivity contribution in [2.75, 3.05) is 31.7 Å². The van der Waals surface area contributed by atoms with Crippen molar-refractivity contribution >= 4 is 28.0 Å². The Hall–Kier alpha value is -2.89. The number of sulfonamides is 1. The molecule has 0 N–H and O–H groups in total. The minimum absolute atomic E-state index is 0.0181. The number of anilines is 1. The van der Waals surface area contributed by atoms with Crippen molar-refractivity contribution in [1.29, 1.82) is 0 Å². The van der Waals surface area contributed by atoms with Gasteiger partial charge in [0.2, 0.25) is 21.9 Å². The first-order chi connectivity index (χ1) is 18.7. The molecule has 9 nitrogen and oxygen atoms in total. The summed E-state index contributed by atoms with van der Waals surface area (Å²) in [7, 11) is 1.23. The molecule has 0 radical (unpaired) electrons. The lowest BCUT2D eigenvalue weighted by Crippen LogP contribution is -2.48. The first-order valence-corrected chi connectivity index (χ1v) is 15.4.